The highest BCUT2D eigenvalue weighted by atomic mass is 19.1. The minimum Gasteiger partial charge on any atom is -0.362 e. The molecule has 0 aromatic heterocycles. The molecule has 0 aliphatic carbocycles. The van der Waals surface area contributed by atoms with E-state index in [4.69, 9.17) is 4.74 Å². The third-order valence-corrected chi connectivity index (χ3v) is 2.36. The first kappa shape index (κ1) is 10.8. The molecule has 1 saturated heterocycles. The maximum absolute atomic E-state index is 13.1. The van der Waals surface area contributed by atoms with Gasteiger partial charge in [0.2, 0.25) is 0 Å². The Bertz CT molecular complexity index is 443. The van der Waals surface area contributed by atoms with Gasteiger partial charge in [-0.3, -0.25) is 9.59 Å². The molecule has 1 aliphatic heterocycles. The minimum absolute atomic E-state index is 0.151. The van der Waals surface area contributed by atoms with Gasteiger partial charge in [0, 0.05) is 0 Å². The van der Waals surface area contributed by atoms with E-state index in [1.807, 2.05) is 0 Å². The molecule has 0 unspecified atom stereocenters. The lowest BCUT2D eigenvalue weighted by Crippen LogP contribution is -2.46. The van der Waals surface area contributed by atoms with Crippen LogP contribution in [0.15, 0.2) is 18.2 Å². The number of morpholine rings is 1. The Labute approximate surface area is 91.6 Å². The Balaban J connectivity index is 2.45. The molecule has 2 amide bonds. The fourth-order valence-electron chi connectivity index (χ4n) is 1.59. The molecule has 0 radical (unpaired) electrons. The van der Waals surface area contributed by atoms with Gasteiger partial charge in [-0.25, -0.2) is 9.29 Å². The number of benzene rings is 1. The van der Waals surface area contributed by atoms with Crippen LogP contribution in [0.1, 0.15) is 5.56 Å². The maximum atomic E-state index is 13.1. The van der Waals surface area contributed by atoms with Crippen LogP contribution in [0.4, 0.5) is 10.1 Å². The number of nitrogens with zero attached hydrogens (tertiary/aromatic N) is 1. The molecule has 1 aromatic carbocycles. The Kier molecular flexibility index (Phi) is 2.70. The van der Waals surface area contributed by atoms with E-state index in [1.54, 1.807) is 6.92 Å². The van der Waals surface area contributed by atoms with Crippen LogP contribution in [0, 0.1) is 12.7 Å². The summed E-state index contributed by atoms with van der Waals surface area (Å²) in [6, 6.07) is 3.99. The van der Waals surface area contributed by atoms with E-state index >= 15 is 0 Å². The number of hydrogen-bond donors (Lipinski definition) is 0. The predicted molar refractivity (Wildman–Crippen MR) is 54.4 cm³/mol. The van der Waals surface area contributed by atoms with E-state index in [0.29, 0.717) is 11.3 Å². The smallest absolute Gasteiger partial charge is 0.259 e. The number of amides is 2. The molecule has 16 heavy (non-hydrogen) atoms. The maximum Gasteiger partial charge on any atom is 0.259 e. The van der Waals surface area contributed by atoms with Crippen molar-refractivity contribution in [3.63, 3.8) is 0 Å². The van der Waals surface area contributed by atoms with Gasteiger partial charge in [-0.05, 0) is 24.6 Å². The van der Waals surface area contributed by atoms with Crippen molar-refractivity contribution in [3.8, 4) is 0 Å². The minimum atomic E-state index is -0.479. The lowest BCUT2D eigenvalue weighted by Gasteiger charge is -2.26. The van der Waals surface area contributed by atoms with Gasteiger partial charge in [0.25, 0.3) is 11.8 Å². The number of rotatable bonds is 1. The van der Waals surface area contributed by atoms with E-state index in [0.717, 1.165) is 4.90 Å². The largest absolute Gasteiger partial charge is 0.362 e. The highest BCUT2D eigenvalue weighted by Gasteiger charge is 2.29. The highest BCUT2D eigenvalue weighted by molar-refractivity contribution is 6.17. The molecule has 0 atom stereocenters. The number of halogens is 1. The predicted octanol–water partition coefficient (Wildman–Crippen LogP) is 1.02. The SMILES string of the molecule is Cc1ccc(F)cc1N1C(=O)COCC1=O. The number of carbonyl (C=O) groups excluding carboxylic acids is 2. The first-order valence-electron chi connectivity index (χ1n) is 4.79. The second-order valence-corrected chi connectivity index (χ2v) is 3.55. The van der Waals surface area contributed by atoms with Crippen molar-refractivity contribution in [2.45, 2.75) is 6.92 Å². The molecular weight excluding hydrogens is 213 g/mol. The fraction of sp³-hybridized carbons (Fsp3) is 0.273. The van der Waals surface area contributed by atoms with Crippen molar-refractivity contribution < 1.29 is 18.7 Å². The average molecular weight is 223 g/mol. The standard InChI is InChI=1S/C11H10FNO3/c1-7-2-3-8(12)4-9(7)13-10(14)5-16-6-11(13)15/h2-4H,5-6H2,1H3. The van der Waals surface area contributed by atoms with Crippen LogP contribution in [-0.2, 0) is 14.3 Å². The van der Waals surface area contributed by atoms with Gasteiger partial charge in [0.1, 0.15) is 19.0 Å². The van der Waals surface area contributed by atoms with Gasteiger partial charge < -0.3 is 4.74 Å². The third kappa shape index (κ3) is 1.81. The van der Waals surface area contributed by atoms with E-state index in [-0.39, 0.29) is 13.2 Å². The van der Waals surface area contributed by atoms with Crippen LogP contribution in [-0.4, -0.2) is 25.0 Å². The molecule has 1 aromatic rings. The van der Waals surface area contributed by atoms with Crippen molar-refractivity contribution in [3.05, 3.63) is 29.6 Å². The van der Waals surface area contributed by atoms with E-state index in [2.05, 4.69) is 0 Å². The van der Waals surface area contributed by atoms with Crippen LogP contribution in [0.25, 0.3) is 0 Å². The summed E-state index contributed by atoms with van der Waals surface area (Å²) < 4.78 is 17.9. The number of carbonyl (C=O) groups is 2. The van der Waals surface area contributed by atoms with E-state index in [1.165, 1.54) is 18.2 Å². The molecule has 0 spiro atoms. The molecule has 4 nitrogen and oxygen atoms in total. The highest BCUT2D eigenvalue weighted by Crippen LogP contribution is 2.23. The molecular formula is C11H10FNO3. The van der Waals surface area contributed by atoms with Crippen LogP contribution >= 0.6 is 0 Å². The molecule has 0 N–H and O–H groups in total. The van der Waals surface area contributed by atoms with Crippen LogP contribution in [0.2, 0.25) is 0 Å². The summed E-state index contributed by atoms with van der Waals surface area (Å²) in [5.41, 5.74) is 0.961. The number of imide groups is 1. The van der Waals surface area contributed by atoms with Crippen molar-refractivity contribution in [2.24, 2.45) is 0 Å². The Morgan fingerprint density at radius 3 is 2.50 bits per heavy atom. The average Bonchev–Trinajstić information content (AvgIpc) is 2.23. The molecule has 1 fully saturated rings. The summed E-state index contributed by atoms with van der Waals surface area (Å²) in [6.45, 7) is 1.41. The Hall–Kier alpha value is -1.75. The fourth-order valence-corrected chi connectivity index (χ4v) is 1.59. The molecule has 5 heteroatoms. The normalized spacial score (nSPS) is 16.8. The molecule has 0 bridgehead atoms. The molecule has 1 aliphatic rings. The topological polar surface area (TPSA) is 46.6 Å². The number of aryl methyl sites for hydroxylation is 1. The zero-order chi connectivity index (χ0) is 11.7. The zero-order valence-electron chi connectivity index (χ0n) is 8.70. The lowest BCUT2D eigenvalue weighted by molar-refractivity contribution is -0.138. The second-order valence-electron chi connectivity index (χ2n) is 3.55. The summed E-state index contributed by atoms with van der Waals surface area (Å²) in [4.78, 5) is 24.0. The van der Waals surface area contributed by atoms with Crippen molar-refractivity contribution >= 4 is 17.5 Å². The Morgan fingerprint density at radius 1 is 1.25 bits per heavy atom. The molecule has 2 rings (SSSR count). The summed E-state index contributed by atoms with van der Waals surface area (Å²) >= 11 is 0. The van der Waals surface area contributed by atoms with Crippen LogP contribution in [0.3, 0.4) is 0 Å². The van der Waals surface area contributed by atoms with E-state index in [9.17, 15) is 14.0 Å². The Morgan fingerprint density at radius 2 is 1.88 bits per heavy atom. The van der Waals surface area contributed by atoms with Gasteiger partial charge in [-0.1, -0.05) is 6.07 Å². The quantitative estimate of drug-likeness (QED) is 0.668. The van der Waals surface area contributed by atoms with Crippen molar-refractivity contribution in [1.82, 2.24) is 0 Å². The molecule has 1 heterocycles. The van der Waals surface area contributed by atoms with Gasteiger partial charge in [-0.2, -0.15) is 0 Å². The first-order valence-corrected chi connectivity index (χ1v) is 4.79. The van der Waals surface area contributed by atoms with Gasteiger partial charge in [-0.15, -0.1) is 0 Å². The summed E-state index contributed by atoms with van der Waals surface area (Å²) in [5, 5.41) is 0. The monoisotopic (exact) mass is 223 g/mol. The number of anilines is 1. The summed E-state index contributed by atoms with van der Waals surface area (Å²) in [5.74, 6) is -1.41. The van der Waals surface area contributed by atoms with E-state index < -0.39 is 17.6 Å². The van der Waals surface area contributed by atoms with Gasteiger partial charge in [0.05, 0.1) is 5.69 Å². The van der Waals surface area contributed by atoms with Crippen LogP contribution in [0.5, 0.6) is 0 Å². The van der Waals surface area contributed by atoms with Crippen molar-refractivity contribution in [2.75, 3.05) is 18.1 Å². The van der Waals surface area contributed by atoms with Crippen molar-refractivity contribution in [1.29, 1.82) is 0 Å². The summed E-state index contributed by atoms with van der Waals surface area (Å²) in [6.07, 6.45) is 0. The first-order chi connectivity index (χ1) is 7.59. The van der Waals surface area contributed by atoms with Gasteiger partial charge in [0.15, 0.2) is 0 Å². The summed E-state index contributed by atoms with van der Waals surface area (Å²) in [7, 11) is 0. The molecule has 0 saturated carbocycles. The molecule has 84 valence electrons. The lowest BCUT2D eigenvalue weighted by atomic mass is 10.1. The van der Waals surface area contributed by atoms with Gasteiger partial charge >= 0.3 is 0 Å². The third-order valence-electron chi connectivity index (χ3n) is 2.36. The second kappa shape index (κ2) is 4.02. The van der Waals surface area contributed by atoms with Crippen LogP contribution < -0.4 is 4.90 Å². The zero-order valence-corrected chi connectivity index (χ0v) is 8.70. The number of ether oxygens (including phenoxy) is 1. The number of hydrogen-bond acceptors (Lipinski definition) is 3.